The molecule has 0 spiro atoms. The second kappa shape index (κ2) is 9.50. The lowest BCUT2D eigenvalue weighted by Gasteiger charge is -2.27. The first-order valence-electron chi connectivity index (χ1n) is 8.53. The Hall–Kier alpha value is -0.970. The van der Waals surface area contributed by atoms with Crippen LogP contribution in [0.25, 0.3) is 0 Å². The number of nitrogens with zero attached hydrogens (tertiary/aromatic N) is 1. The summed E-state index contributed by atoms with van der Waals surface area (Å²) in [5.41, 5.74) is 8.71. The number of anilines is 1. The van der Waals surface area contributed by atoms with Gasteiger partial charge in [-0.3, -0.25) is 4.79 Å². The van der Waals surface area contributed by atoms with Gasteiger partial charge in [0.2, 0.25) is 5.91 Å². The fraction of sp³-hybridized carbons (Fsp3) is 0.611. The van der Waals surface area contributed by atoms with Crippen LogP contribution in [0.5, 0.6) is 0 Å². The lowest BCUT2D eigenvalue weighted by Crippen LogP contribution is -2.42. The standard InChI is InChI=1S/C18H27N3O.2ClH/c1-13-11-14-5-2-3-8-17(14)21(13)10-9-20-18(22)15-6-4-7-16(19)12-15;;/h2-3,5,8,13,15-16H,4,6-7,9-12,19H2,1H3,(H,20,22);2*1H. The summed E-state index contributed by atoms with van der Waals surface area (Å²) in [6, 6.07) is 9.29. The molecule has 1 amide bonds. The minimum atomic E-state index is 0. The Balaban J connectivity index is 0.00000144. The molecule has 6 heteroatoms. The summed E-state index contributed by atoms with van der Waals surface area (Å²) in [5.74, 6) is 0.308. The van der Waals surface area contributed by atoms with Gasteiger partial charge >= 0.3 is 0 Å². The zero-order valence-corrected chi connectivity index (χ0v) is 15.9. The third-order valence-electron chi connectivity index (χ3n) is 5.09. The van der Waals surface area contributed by atoms with E-state index in [9.17, 15) is 4.79 Å². The summed E-state index contributed by atoms with van der Waals surface area (Å²) in [6.07, 6.45) is 5.07. The predicted octanol–water partition coefficient (Wildman–Crippen LogP) is 2.91. The number of nitrogens with two attached hydrogens (primary N) is 1. The number of benzene rings is 1. The molecule has 1 aromatic rings. The van der Waals surface area contributed by atoms with E-state index in [1.165, 1.54) is 11.3 Å². The molecule has 3 unspecified atom stereocenters. The van der Waals surface area contributed by atoms with Gasteiger partial charge in [-0.25, -0.2) is 0 Å². The molecule has 1 fully saturated rings. The van der Waals surface area contributed by atoms with Gasteiger partial charge in [0.05, 0.1) is 0 Å². The SMILES string of the molecule is CC1Cc2ccccc2N1CCNC(=O)C1CCCC(N)C1.Cl.Cl. The molecule has 0 radical (unpaired) electrons. The van der Waals surface area contributed by atoms with Crippen molar-refractivity contribution in [3.63, 3.8) is 0 Å². The largest absolute Gasteiger partial charge is 0.367 e. The van der Waals surface area contributed by atoms with Crippen LogP contribution in [-0.4, -0.2) is 31.1 Å². The Labute approximate surface area is 157 Å². The molecule has 1 aliphatic carbocycles. The second-order valence-electron chi connectivity index (χ2n) is 6.79. The van der Waals surface area contributed by atoms with Crippen LogP contribution in [0.3, 0.4) is 0 Å². The number of carbonyl (C=O) groups excluding carboxylic acids is 1. The van der Waals surface area contributed by atoms with Gasteiger partial charge in [-0.05, 0) is 44.2 Å². The number of carbonyl (C=O) groups is 1. The first kappa shape index (κ1) is 21.1. The second-order valence-corrected chi connectivity index (χ2v) is 6.79. The van der Waals surface area contributed by atoms with E-state index >= 15 is 0 Å². The van der Waals surface area contributed by atoms with Crippen LogP contribution in [0, 0.1) is 5.92 Å². The molecule has 3 N–H and O–H groups in total. The normalized spacial score (nSPS) is 25.2. The van der Waals surface area contributed by atoms with E-state index in [1.54, 1.807) is 0 Å². The van der Waals surface area contributed by atoms with Crippen LogP contribution in [-0.2, 0) is 11.2 Å². The maximum Gasteiger partial charge on any atom is 0.223 e. The van der Waals surface area contributed by atoms with Crippen molar-refractivity contribution in [2.75, 3.05) is 18.0 Å². The summed E-state index contributed by atoms with van der Waals surface area (Å²) in [4.78, 5) is 14.7. The highest BCUT2D eigenvalue weighted by atomic mass is 35.5. The highest BCUT2D eigenvalue weighted by molar-refractivity contribution is 5.85. The summed E-state index contributed by atoms with van der Waals surface area (Å²) in [6.45, 7) is 3.84. The minimum absolute atomic E-state index is 0. The zero-order valence-electron chi connectivity index (χ0n) is 14.2. The fourth-order valence-corrected chi connectivity index (χ4v) is 3.88. The highest BCUT2D eigenvalue weighted by Gasteiger charge is 2.27. The Morgan fingerprint density at radius 1 is 1.29 bits per heavy atom. The number of para-hydroxylation sites is 1. The Morgan fingerprint density at radius 3 is 2.79 bits per heavy atom. The number of rotatable bonds is 4. The predicted molar refractivity (Wildman–Crippen MR) is 104 cm³/mol. The van der Waals surface area contributed by atoms with Crippen molar-refractivity contribution in [3.8, 4) is 0 Å². The molecule has 1 saturated carbocycles. The molecule has 2 aliphatic rings. The maximum atomic E-state index is 12.3. The monoisotopic (exact) mass is 373 g/mol. The van der Waals surface area contributed by atoms with Gasteiger partial charge < -0.3 is 16.0 Å². The van der Waals surface area contributed by atoms with E-state index in [4.69, 9.17) is 5.73 Å². The van der Waals surface area contributed by atoms with E-state index in [1.807, 2.05) is 0 Å². The van der Waals surface area contributed by atoms with Crippen LogP contribution >= 0.6 is 24.8 Å². The van der Waals surface area contributed by atoms with Gasteiger partial charge in [0.1, 0.15) is 0 Å². The van der Waals surface area contributed by atoms with E-state index in [0.717, 1.165) is 38.6 Å². The zero-order chi connectivity index (χ0) is 15.5. The third kappa shape index (κ3) is 4.78. The lowest BCUT2D eigenvalue weighted by atomic mass is 9.85. The van der Waals surface area contributed by atoms with Crippen LogP contribution < -0.4 is 16.0 Å². The van der Waals surface area contributed by atoms with Gasteiger partial charge in [0.15, 0.2) is 0 Å². The van der Waals surface area contributed by atoms with Gasteiger partial charge in [-0.15, -0.1) is 24.8 Å². The van der Waals surface area contributed by atoms with E-state index in [2.05, 4.69) is 41.4 Å². The first-order chi connectivity index (χ1) is 10.6. The topological polar surface area (TPSA) is 58.4 Å². The lowest BCUT2D eigenvalue weighted by molar-refractivity contribution is -0.126. The van der Waals surface area contributed by atoms with Crippen molar-refractivity contribution in [2.45, 2.75) is 51.1 Å². The summed E-state index contributed by atoms with van der Waals surface area (Å²) >= 11 is 0. The van der Waals surface area contributed by atoms with Crippen molar-refractivity contribution in [2.24, 2.45) is 11.7 Å². The van der Waals surface area contributed by atoms with Crippen molar-refractivity contribution in [1.29, 1.82) is 0 Å². The van der Waals surface area contributed by atoms with E-state index in [-0.39, 0.29) is 42.7 Å². The van der Waals surface area contributed by atoms with Crippen LogP contribution in [0.1, 0.15) is 38.2 Å². The molecule has 24 heavy (non-hydrogen) atoms. The number of fused-ring (bicyclic) bond motifs is 1. The molecule has 1 aromatic carbocycles. The summed E-state index contributed by atoms with van der Waals surface area (Å²) in [5, 5.41) is 3.12. The minimum Gasteiger partial charge on any atom is -0.367 e. The molecular formula is C18H29Cl2N3O. The molecule has 0 bridgehead atoms. The van der Waals surface area contributed by atoms with Crippen LogP contribution in [0.15, 0.2) is 24.3 Å². The number of hydrogen-bond donors (Lipinski definition) is 2. The van der Waals surface area contributed by atoms with Crippen LogP contribution in [0.4, 0.5) is 5.69 Å². The molecule has 0 saturated heterocycles. The number of halogens is 2. The molecule has 3 rings (SSSR count). The molecule has 4 nitrogen and oxygen atoms in total. The molecule has 1 heterocycles. The number of amides is 1. The summed E-state index contributed by atoms with van der Waals surface area (Å²) in [7, 11) is 0. The summed E-state index contributed by atoms with van der Waals surface area (Å²) < 4.78 is 0. The van der Waals surface area contributed by atoms with Crippen molar-refractivity contribution < 1.29 is 4.79 Å². The van der Waals surface area contributed by atoms with E-state index in [0.29, 0.717) is 12.6 Å². The van der Waals surface area contributed by atoms with Crippen molar-refractivity contribution in [1.82, 2.24) is 5.32 Å². The smallest absolute Gasteiger partial charge is 0.223 e. The maximum absolute atomic E-state index is 12.3. The fourth-order valence-electron chi connectivity index (χ4n) is 3.88. The average molecular weight is 374 g/mol. The van der Waals surface area contributed by atoms with Crippen molar-refractivity contribution >= 4 is 36.4 Å². The van der Waals surface area contributed by atoms with E-state index < -0.39 is 0 Å². The Bertz CT molecular complexity index is 541. The quantitative estimate of drug-likeness (QED) is 0.852. The van der Waals surface area contributed by atoms with Gasteiger partial charge in [-0.1, -0.05) is 24.6 Å². The third-order valence-corrected chi connectivity index (χ3v) is 5.09. The molecule has 3 atom stereocenters. The van der Waals surface area contributed by atoms with Gasteiger partial charge in [-0.2, -0.15) is 0 Å². The molecule has 0 aromatic heterocycles. The molecule has 1 aliphatic heterocycles. The van der Waals surface area contributed by atoms with Crippen LogP contribution in [0.2, 0.25) is 0 Å². The average Bonchev–Trinajstić information content (AvgIpc) is 2.83. The van der Waals surface area contributed by atoms with Gasteiger partial charge in [0.25, 0.3) is 0 Å². The molecule has 136 valence electrons. The molecular weight excluding hydrogens is 345 g/mol. The first-order valence-corrected chi connectivity index (χ1v) is 8.53. The van der Waals surface area contributed by atoms with Gasteiger partial charge in [0, 0.05) is 36.8 Å². The Morgan fingerprint density at radius 2 is 2.04 bits per heavy atom. The number of hydrogen-bond acceptors (Lipinski definition) is 3. The Kier molecular flexibility index (Phi) is 8.34. The number of nitrogens with one attached hydrogen (secondary N) is 1. The highest BCUT2D eigenvalue weighted by Crippen LogP contribution is 2.31. The van der Waals surface area contributed by atoms with Crippen molar-refractivity contribution in [3.05, 3.63) is 29.8 Å².